The fourth-order valence-electron chi connectivity index (χ4n) is 2.98. The van der Waals surface area contributed by atoms with Gasteiger partial charge in [0.15, 0.2) is 0 Å². The molecule has 2 atom stereocenters. The van der Waals surface area contributed by atoms with Crippen molar-refractivity contribution < 1.29 is 13.2 Å². The van der Waals surface area contributed by atoms with Gasteiger partial charge >= 0.3 is 0 Å². The Hall–Kier alpha value is -1.15. The van der Waals surface area contributed by atoms with Crippen molar-refractivity contribution >= 4 is 34.0 Å². The van der Waals surface area contributed by atoms with Gasteiger partial charge in [0.2, 0.25) is 15.9 Å². The first kappa shape index (κ1) is 21.9. The lowest BCUT2D eigenvalue weighted by molar-refractivity contribution is -0.117. The molecule has 25 heavy (non-hydrogen) atoms. The average Bonchev–Trinajstić information content (AvgIpc) is 2.55. The van der Waals surface area contributed by atoms with E-state index in [1.165, 1.54) is 26.2 Å². The molecule has 142 valence electrons. The van der Waals surface area contributed by atoms with E-state index in [1.807, 2.05) is 0 Å². The van der Waals surface area contributed by atoms with Crippen LogP contribution < -0.4 is 10.6 Å². The second-order valence-electron chi connectivity index (χ2n) is 6.65. The molecule has 0 spiro atoms. The van der Waals surface area contributed by atoms with Gasteiger partial charge < -0.3 is 10.6 Å². The summed E-state index contributed by atoms with van der Waals surface area (Å²) in [6, 6.07) is 6.38. The van der Waals surface area contributed by atoms with E-state index in [-0.39, 0.29) is 23.2 Å². The van der Waals surface area contributed by atoms with Crippen LogP contribution in [0.2, 0.25) is 0 Å². The van der Waals surface area contributed by atoms with Gasteiger partial charge in [-0.05, 0) is 56.0 Å². The van der Waals surface area contributed by atoms with E-state index in [9.17, 15) is 13.2 Å². The van der Waals surface area contributed by atoms with Crippen molar-refractivity contribution in [2.75, 3.05) is 32.5 Å². The normalized spacial score (nSPS) is 19.1. The van der Waals surface area contributed by atoms with Gasteiger partial charge in [0.25, 0.3) is 0 Å². The van der Waals surface area contributed by atoms with Crippen molar-refractivity contribution in [1.82, 2.24) is 9.62 Å². The van der Waals surface area contributed by atoms with E-state index in [0.29, 0.717) is 23.9 Å². The number of nitrogens with one attached hydrogen (secondary N) is 2. The zero-order valence-electron chi connectivity index (χ0n) is 15.0. The summed E-state index contributed by atoms with van der Waals surface area (Å²) in [4.78, 5) is 12.4. The van der Waals surface area contributed by atoms with E-state index in [0.717, 1.165) is 30.2 Å². The summed E-state index contributed by atoms with van der Waals surface area (Å²) in [5.74, 6) is 0.740. The molecule has 2 N–H and O–H groups in total. The van der Waals surface area contributed by atoms with E-state index < -0.39 is 10.0 Å². The molecule has 1 aromatic rings. The molecule has 1 aliphatic heterocycles. The molecule has 8 heteroatoms. The van der Waals surface area contributed by atoms with Crippen LogP contribution in [0.25, 0.3) is 0 Å². The molecule has 0 bridgehead atoms. The highest BCUT2D eigenvalue weighted by Gasteiger charge is 2.22. The second-order valence-corrected chi connectivity index (χ2v) is 8.80. The Labute approximate surface area is 156 Å². The van der Waals surface area contributed by atoms with Crippen LogP contribution in [0.5, 0.6) is 0 Å². The number of piperidine rings is 1. The minimum absolute atomic E-state index is 0. The number of hydrogen-bond donors (Lipinski definition) is 2. The van der Waals surface area contributed by atoms with Crippen molar-refractivity contribution in [2.24, 2.45) is 11.8 Å². The third-order valence-corrected chi connectivity index (χ3v) is 6.35. The van der Waals surface area contributed by atoms with Crippen LogP contribution in [0.3, 0.4) is 0 Å². The van der Waals surface area contributed by atoms with Crippen molar-refractivity contribution in [3.63, 3.8) is 0 Å². The van der Waals surface area contributed by atoms with Crippen LogP contribution in [-0.4, -0.2) is 45.8 Å². The third-order valence-electron chi connectivity index (χ3n) is 4.54. The number of anilines is 1. The highest BCUT2D eigenvalue weighted by molar-refractivity contribution is 7.89. The Bertz CT molecular complexity index is 673. The topological polar surface area (TPSA) is 78.5 Å². The molecule has 0 radical (unpaired) electrons. The van der Waals surface area contributed by atoms with Gasteiger partial charge in [-0.15, -0.1) is 12.4 Å². The molecular formula is C17H28ClN3O3S. The minimum atomic E-state index is -3.50. The molecule has 1 fully saturated rings. The predicted molar refractivity (Wildman–Crippen MR) is 103 cm³/mol. The first-order valence-corrected chi connectivity index (χ1v) is 9.78. The molecule has 0 aromatic heterocycles. The summed E-state index contributed by atoms with van der Waals surface area (Å²) in [6.45, 7) is 4.12. The number of sulfonamides is 1. The van der Waals surface area contributed by atoms with Crippen molar-refractivity contribution in [2.45, 2.75) is 31.1 Å². The standard InChI is InChI=1S/C17H27N3O3S.ClH/c1-13(14-6-5-9-18-12-14)10-17(21)19-15-7-4-8-16(11-15)24(22,23)20(2)3;/h4,7-8,11,13-14,18H,5-6,9-10,12H2,1-3H3,(H,19,21);1H. The lowest BCUT2D eigenvalue weighted by Crippen LogP contribution is -2.34. The highest BCUT2D eigenvalue weighted by Crippen LogP contribution is 2.23. The second kappa shape index (κ2) is 9.52. The SMILES string of the molecule is CC(CC(=O)Nc1cccc(S(=O)(=O)N(C)C)c1)C1CCCNC1.Cl. The van der Waals surface area contributed by atoms with Gasteiger partial charge in [-0.2, -0.15) is 0 Å². The molecule has 6 nitrogen and oxygen atoms in total. The molecule has 2 unspecified atom stereocenters. The summed E-state index contributed by atoms with van der Waals surface area (Å²) in [6.07, 6.45) is 2.75. The maximum Gasteiger partial charge on any atom is 0.242 e. The summed E-state index contributed by atoms with van der Waals surface area (Å²) < 4.78 is 25.5. The molecule has 1 saturated heterocycles. The first-order chi connectivity index (χ1) is 11.3. The van der Waals surface area contributed by atoms with E-state index in [2.05, 4.69) is 17.6 Å². The van der Waals surface area contributed by atoms with Gasteiger partial charge in [-0.1, -0.05) is 13.0 Å². The quantitative estimate of drug-likeness (QED) is 0.782. The average molecular weight is 390 g/mol. The summed E-state index contributed by atoms with van der Waals surface area (Å²) >= 11 is 0. The van der Waals surface area contributed by atoms with Gasteiger partial charge in [-0.25, -0.2) is 12.7 Å². The molecule has 2 rings (SSSR count). The molecular weight excluding hydrogens is 362 g/mol. The minimum Gasteiger partial charge on any atom is -0.326 e. The van der Waals surface area contributed by atoms with Crippen LogP contribution in [0.4, 0.5) is 5.69 Å². The number of rotatable bonds is 6. The summed E-state index contributed by atoms with van der Waals surface area (Å²) in [5, 5.41) is 6.19. The number of amides is 1. The smallest absolute Gasteiger partial charge is 0.242 e. The number of halogens is 1. The van der Waals surface area contributed by atoms with Crippen LogP contribution in [0.1, 0.15) is 26.2 Å². The summed E-state index contributed by atoms with van der Waals surface area (Å²) in [5.41, 5.74) is 0.511. The number of hydrogen-bond acceptors (Lipinski definition) is 4. The van der Waals surface area contributed by atoms with Gasteiger partial charge in [0, 0.05) is 26.2 Å². The van der Waals surface area contributed by atoms with Gasteiger partial charge in [0.1, 0.15) is 0 Å². The van der Waals surface area contributed by atoms with Crippen molar-refractivity contribution in [3.05, 3.63) is 24.3 Å². The number of benzene rings is 1. The Balaban J connectivity index is 0.00000312. The van der Waals surface area contributed by atoms with Crippen LogP contribution in [0, 0.1) is 11.8 Å². The van der Waals surface area contributed by atoms with Crippen molar-refractivity contribution in [3.8, 4) is 0 Å². The first-order valence-electron chi connectivity index (χ1n) is 8.34. The van der Waals surface area contributed by atoms with E-state index in [1.54, 1.807) is 12.1 Å². The third kappa shape index (κ3) is 5.95. The maximum atomic E-state index is 12.3. The molecule has 1 aromatic carbocycles. The maximum absolute atomic E-state index is 12.3. The molecule has 1 aliphatic rings. The van der Waals surface area contributed by atoms with Crippen LogP contribution in [0.15, 0.2) is 29.2 Å². The van der Waals surface area contributed by atoms with Gasteiger partial charge in [0.05, 0.1) is 4.90 Å². The summed E-state index contributed by atoms with van der Waals surface area (Å²) in [7, 11) is -0.528. The lowest BCUT2D eigenvalue weighted by atomic mass is 9.85. The Morgan fingerprint density at radius 3 is 2.72 bits per heavy atom. The monoisotopic (exact) mass is 389 g/mol. The molecule has 0 saturated carbocycles. The highest BCUT2D eigenvalue weighted by atomic mass is 35.5. The van der Waals surface area contributed by atoms with Gasteiger partial charge in [-0.3, -0.25) is 4.79 Å². The fraction of sp³-hybridized carbons (Fsp3) is 0.588. The van der Waals surface area contributed by atoms with Crippen LogP contribution >= 0.6 is 12.4 Å². The molecule has 0 aliphatic carbocycles. The van der Waals surface area contributed by atoms with Crippen LogP contribution in [-0.2, 0) is 14.8 Å². The van der Waals surface area contributed by atoms with Crippen molar-refractivity contribution in [1.29, 1.82) is 0 Å². The number of nitrogens with zero attached hydrogens (tertiary/aromatic N) is 1. The largest absolute Gasteiger partial charge is 0.326 e. The molecule has 1 heterocycles. The Morgan fingerprint density at radius 2 is 2.12 bits per heavy atom. The number of carbonyl (C=O) groups is 1. The zero-order chi connectivity index (χ0) is 17.7. The Kier molecular flexibility index (Phi) is 8.34. The number of carbonyl (C=O) groups excluding carboxylic acids is 1. The fourth-order valence-corrected chi connectivity index (χ4v) is 3.93. The van der Waals surface area contributed by atoms with E-state index >= 15 is 0 Å². The Morgan fingerprint density at radius 1 is 1.40 bits per heavy atom. The zero-order valence-corrected chi connectivity index (χ0v) is 16.6. The lowest BCUT2D eigenvalue weighted by Gasteiger charge is -2.28. The predicted octanol–water partition coefficient (Wildman–Crippen LogP) is 2.32. The van der Waals surface area contributed by atoms with E-state index in [4.69, 9.17) is 0 Å². The molecule has 1 amide bonds.